The predicted molar refractivity (Wildman–Crippen MR) is 107 cm³/mol. The lowest BCUT2D eigenvalue weighted by Crippen LogP contribution is -2.39. The summed E-state index contributed by atoms with van der Waals surface area (Å²) in [6.07, 6.45) is 0.165. The van der Waals surface area contributed by atoms with Gasteiger partial charge in [-0.1, -0.05) is 78.9 Å². The Balaban J connectivity index is 1.69. The average molecular weight is 355 g/mol. The fourth-order valence-electron chi connectivity index (χ4n) is 3.84. The van der Waals surface area contributed by atoms with E-state index in [1.807, 2.05) is 84.6 Å². The Morgan fingerprint density at radius 2 is 1.44 bits per heavy atom. The normalized spacial score (nSPS) is 18.4. The van der Waals surface area contributed by atoms with E-state index in [0.717, 1.165) is 16.8 Å². The second-order valence-corrected chi connectivity index (χ2v) is 7.19. The largest absolute Gasteiger partial charge is 0.307 e. The summed E-state index contributed by atoms with van der Waals surface area (Å²) in [4.78, 5) is 28.1. The van der Waals surface area contributed by atoms with E-state index in [2.05, 4.69) is 0 Å². The third-order valence-corrected chi connectivity index (χ3v) is 5.30. The molecular formula is C24H21NO2. The van der Waals surface area contributed by atoms with Crippen LogP contribution in [0.1, 0.15) is 34.8 Å². The van der Waals surface area contributed by atoms with E-state index >= 15 is 0 Å². The topological polar surface area (TPSA) is 37.4 Å². The van der Waals surface area contributed by atoms with Crippen molar-refractivity contribution >= 4 is 17.4 Å². The van der Waals surface area contributed by atoms with Gasteiger partial charge in [-0.2, -0.15) is 0 Å². The molecule has 0 N–H and O–H groups in total. The number of rotatable bonds is 5. The number of hydrogen-bond donors (Lipinski definition) is 0. The Hall–Kier alpha value is -3.20. The molecule has 0 bridgehead atoms. The van der Waals surface area contributed by atoms with Crippen LogP contribution in [0.5, 0.6) is 0 Å². The Morgan fingerprint density at radius 1 is 0.852 bits per heavy atom. The number of para-hydroxylation sites is 1. The molecule has 1 atom stereocenters. The molecule has 1 aliphatic rings. The summed E-state index contributed by atoms with van der Waals surface area (Å²) in [5, 5.41) is 0. The van der Waals surface area contributed by atoms with E-state index in [1.54, 1.807) is 12.1 Å². The van der Waals surface area contributed by atoms with Crippen molar-refractivity contribution in [3.05, 3.63) is 102 Å². The number of nitrogens with zero attached hydrogens (tertiary/aromatic N) is 1. The molecule has 0 aromatic heterocycles. The van der Waals surface area contributed by atoms with E-state index in [-0.39, 0.29) is 18.1 Å². The number of anilines is 1. The van der Waals surface area contributed by atoms with Gasteiger partial charge in [0.25, 0.3) is 0 Å². The van der Waals surface area contributed by atoms with Gasteiger partial charge in [0.05, 0.1) is 12.0 Å². The highest BCUT2D eigenvalue weighted by atomic mass is 16.2. The van der Waals surface area contributed by atoms with E-state index < -0.39 is 5.41 Å². The smallest absolute Gasteiger partial charge is 0.238 e. The zero-order chi connectivity index (χ0) is 18.9. The molecule has 4 rings (SSSR count). The first-order valence-electron chi connectivity index (χ1n) is 9.13. The van der Waals surface area contributed by atoms with Gasteiger partial charge in [0.1, 0.15) is 0 Å². The zero-order valence-corrected chi connectivity index (χ0v) is 15.3. The van der Waals surface area contributed by atoms with Gasteiger partial charge in [-0.3, -0.25) is 9.59 Å². The molecule has 0 radical (unpaired) electrons. The van der Waals surface area contributed by atoms with Crippen LogP contribution in [0.4, 0.5) is 5.69 Å². The summed E-state index contributed by atoms with van der Waals surface area (Å²) in [7, 11) is 0. The van der Waals surface area contributed by atoms with Crippen molar-refractivity contribution in [2.24, 2.45) is 0 Å². The van der Waals surface area contributed by atoms with Crippen molar-refractivity contribution in [3.8, 4) is 0 Å². The molecule has 0 fully saturated rings. The van der Waals surface area contributed by atoms with Crippen molar-refractivity contribution in [3.63, 3.8) is 0 Å². The van der Waals surface area contributed by atoms with Crippen LogP contribution in [0.3, 0.4) is 0 Å². The molecule has 0 saturated carbocycles. The van der Waals surface area contributed by atoms with E-state index in [9.17, 15) is 9.59 Å². The summed E-state index contributed by atoms with van der Waals surface area (Å²) in [5.41, 5.74) is 2.69. The molecule has 0 aliphatic carbocycles. The van der Waals surface area contributed by atoms with Gasteiger partial charge in [0, 0.05) is 17.7 Å². The van der Waals surface area contributed by atoms with Crippen molar-refractivity contribution in [2.45, 2.75) is 25.3 Å². The molecule has 3 aromatic rings. The molecule has 134 valence electrons. The third-order valence-electron chi connectivity index (χ3n) is 5.30. The number of benzene rings is 3. The van der Waals surface area contributed by atoms with Crippen LogP contribution in [0.15, 0.2) is 84.9 Å². The predicted octanol–water partition coefficient (Wildman–Crippen LogP) is 4.76. The highest BCUT2D eigenvalue weighted by molar-refractivity contribution is 6.11. The summed E-state index contributed by atoms with van der Waals surface area (Å²) in [6.45, 7) is 2.39. The molecule has 0 saturated heterocycles. The number of amides is 1. The van der Waals surface area contributed by atoms with Gasteiger partial charge in [-0.05, 0) is 24.1 Å². The SMILES string of the molecule is C[C@]1(CC(=O)c2ccccc2)C(=O)N(Cc2ccccc2)c2ccccc21. The first-order valence-corrected chi connectivity index (χ1v) is 9.13. The highest BCUT2D eigenvalue weighted by Gasteiger charge is 2.48. The molecule has 27 heavy (non-hydrogen) atoms. The van der Waals surface area contributed by atoms with Gasteiger partial charge in [-0.25, -0.2) is 0 Å². The Bertz CT molecular complexity index is 982. The number of carbonyl (C=O) groups excluding carboxylic acids is 2. The van der Waals surface area contributed by atoms with Crippen LogP contribution in [0, 0.1) is 0 Å². The Kier molecular flexibility index (Phi) is 4.36. The van der Waals surface area contributed by atoms with Crippen LogP contribution < -0.4 is 4.90 Å². The van der Waals surface area contributed by atoms with Gasteiger partial charge < -0.3 is 4.90 Å². The maximum atomic E-state index is 13.4. The van der Waals surface area contributed by atoms with Crippen molar-refractivity contribution in [2.75, 3.05) is 4.90 Å². The number of carbonyl (C=O) groups is 2. The molecule has 0 unspecified atom stereocenters. The van der Waals surface area contributed by atoms with E-state index in [1.165, 1.54) is 0 Å². The molecule has 1 heterocycles. The number of ketones is 1. The van der Waals surface area contributed by atoms with Crippen molar-refractivity contribution in [1.82, 2.24) is 0 Å². The lowest BCUT2D eigenvalue weighted by atomic mass is 9.78. The van der Waals surface area contributed by atoms with Crippen LogP contribution in [0.2, 0.25) is 0 Å². The third kappa shape index (κ3) is 3.06. The number of hydrogen-bond acceptors (Lipinski definition) is 2. The highest BCUT2D eigenvalue weighted by Crippen LogP contribution is 2.44. The Labute approximate surface area is 159 Å². The van der Waals surface area contributed by atoms with E-state index in [0.29, 0.717) is 12.1 Å². The van der Waals surface area contributed by atoms with Crippen LogP contribution in [-0.4, -0.2) is 11.7 Å². The standard InChI is InChI=1S/C24H21NO2/c1-24(16-22(26)19-12-6-3-7-13-19)20-14-8-9-15-21(20)25(23(24)27)17-18-10-4-2-5-11-18/h2-15H,16-17H2,1H3/t24-/m1/s1. The zero-order valence-electron chi connectivity index (χ0n) is 15.3. The fourth-order valence-corrected chi connectivity index (χ4v) is 3.84. The number of fused-ring (bicyclic) bond motifs is 1. The van der Waals surface area contributed by atoms with Crippen molar-refractivity contribution < 1.29 is 9.59 Å². The van der Waals surface area contributed by atoms with Crippen LogP contribution in [0.25, 0.3) is 0 Å². The van der Waals surface area contributed by atoms with Gasteiger partial charge in [0.15, 0.2) is 5.78 Å². The molecule has 0 spiro atoms. The summed E-state index contributed by atoms with van der Waals surface area (Å²) in [6, 6.07) is 26.9. The average Bonchev–Trinajstić information content (AvgIpc) is 2.92. The van der Waals surface area contributed by atoms with Crippen molar-refractivity contribution in [1.29, 1.82) is 0 Å². The summed E-state index contributed by atoms with van der Waals surface area (Å²) < 4.78 is 0. The molecule has 1 amide bonds. The second kappa shape index (κ2) is 6.84. The van der Waals surface area contributed by atoms with Gasteiger partial charge >= 0.3 is 0 Å². The first kappa shape index (κ1) is 17.2. The minimum atomic E-state index is -0.849. The summed E-state index contributed by atoms with van der Waals surface area (Å²) >= 11 is 0. The molecule has 3 nitrogen and oxygen atoms in total. The second-order valence-electron chi connectivity index (χ2n) is 7.19. The lowest BCUT2D eigenvalue weighted by Gasteiger charge is -2.24. The minimum Gasteiger partial charge on any atom is -0.307 e. The molecular weight excluding hydrogens is 334 g/mol. The first-order chi connectivity index (χ1) is 13.1. The van der Waals surface area contributed by atoms with Crippen LogP contribution >= 0.6 is 0 Å². The minimum absolute atomic E-state index is 0.0113. The molecule has 3 aromatic carbocycles. The monoisotopic (exact) mass is 355 g/mol. The quantitative estimate of drug-likeness (QED) is 0.619. The maximum Gasteiger partial charge on any atom is 0.238 e. The number of Topliss-reactive ketones (excluding diaryl/α,β-unsaturated/α-hetero) is 1. The van der Waals surface area contributed by atoms with Gasteiger partial charge in [-0.15, -0.1) is 0 Å². The maximum absolute atomic E-state index is 13.4. The molecule has 1 aliphatic heterocycles. The van der Waals surface area contributed by atoms with E-state index in [4.69, 9.17) is 0 Å². The molecule has 3 heteroatoms. The Morgan fingerprint density at radius 3 is 2.15 bits per heavy atom. The van der Waals surface area contributed by atoms with Crippen LogP contribution in [-0.2, 0) is 16.8 Å². The fraction of sp³-hybridized carbons (Fsp3) is 0.167. The van der Waals surface area contributed by atoms with Gasteiger partial charge in [0.2, 0.25) is 5.91 Å². The summed E-state index contributed by atoms with van der Waals surface area (Å²) in [5.74, 6) is -0.0281. The lowest BCUT2D eigenvalue weighted by molar-refractivity contribution is -0.122.